The molecule has 2 heterocycles. The number of nitrogens with zero attached hydrogens (tertiary/aromatic N) is 1. The van der Waals surface area contributed by atoms with Gasteiger partial charge in [-0.25, -0.2) is 0 Å². The summed E-state index contributed by atoms with van der Waals surface area (Å²) in [4.78, 5) is 3.88. The maximum absolute atomic E-state index is 5.99. The van der Waals surface area contributed by atoms with Crippen LogP contribution in [0.15, 0.2) is 72.8 Å². The van der Waals surface area contributed by atoms with Crippen LogP contribution in [0.1, 0.15) is 29.5 Å². The molecule has 4 aromatic rings. The molecule has 1 aliphatic rings. The average Bonchev–Trinajstić information content (AvgIpc) is 3.52. The van der Waals surface area contributed by atoms with E-state index in [0.717, 1.165) is 38.2 Å². The first-order valence-electron chi connectivity index (χ1n) is 12.5. The second kappa shape index (κ2) is 11.2. The Bertz CT molecular complexity index is 1190. The van der Waals surface area contributed by atoms with Crippen molar-refractivity contribution in [3.63, 3.8) is 0 Å². The molecule has 1 saturated heterocycles. The van der Waals surface area contributed by atoms with Crippen LogP contribution < -0.4 is 10.5 Å². The Labute approximate surface area is 207 Å². The molecule has 0 saturated carbocycles. The fourth-order valence-corrected chi connectivity index (χ4v) is 6.15. The molecule has 0 bridgehead atoms. The second-order valence-corrected chi connectivity index (χ2v) is 10.2. The van der Waals surface area contributed by atoms with E-state index in [1.54, 1.807) is 0 Å². The standard InChI is InChI=1S/C30H34N2OS/c31-18-17-24-7-12-25(13-8-24)30-28(27-5-1-2-6-29(27)34-30)16-11-23-9-14-26(15-10-23)33-22-21-32-19-3-4-20-32/h1-2,5-10,12-15H,3-4,11,16-22,31H2. The van der Waals surface area contributed by atoms with Crippen molar-refractivity contribution in [1.29, 1.82) is 0 Å². The molecular weight excluding hydrogens is 436 g/mol. The highest BCUT2D eigenvalue weighted by atomic mass is 32.1. The van der Waals surface area contributed by atoms with Gasteiger partial charge >= 0.3 is 0 Å². The van der Waals surface area contributed by atoms with Crippen LogP contribution in [0.5, 0.6) is 5.75 Å². The molecule has 3 aromatic carbocycles. The van der Waals surface area contributed by atoms with E-state index < -0.39 is 0 Å². The topological polar surface area (TPSA) is 38.5 Å². The van der Waals surface area contributed by atoms with Crippen LogP contribution in [0.2, 0.25) is 0 Å². The number of aryl methyl sites for hydroxylation is 2. The summed E-state index contributed by atoms with van der Waals surface area (Å²) in [5.41, 5.74) is 11.1. The Morgan fingerprint density at radius 2 is 1.50 bits per heavy atom. The van der Waals surface area contributed by atoms with Crippen molar-refractivity contribution in [1.82, 2.24) is 4.90 Å². The first-order valence-corrected chi connectivity index (χ1v) is 13.4. The molecule has 0 atom stereocenters. The van der Waals surface area contributed by atoms with Gasteiger partial charge in [-0.15, -0.1) is 11.3 Å². The van der Waals surface area contributed by atoms with E-state index in [-0.39, 0.29) is 0 Å². The van der Waals surface area contributed by atoms with E-state index in [9.17, 15) is 0 Å². The average molecular weight is 471 g/mol. The van der Waals surface area contributed by atoms with Crippen LogP contribution in [0.3, 0.4) is 0 Å². The monoisotopic (exact) mass is 470 g/mol. The minimum absolute atomic E-state index is 0.690. The lowest BCUT2D eigenvalue weighted by atomic mass is 9.98. The third-order valence-corrected chi connectivity index (χ3v) is 8.07. The number of benzene rings is 3. The molecule has 1 aromatic heterocycles. The van der Waals surface area contributed by atoms with E-state index in [0.29, 0.717) is 6.54 Å². The van der Waals surface area contributed by atoms with Gasteiger partial charge in [-0.1, -0.05) is 54.6 Å². The lowest BCUT2D eigenvalue weighted by molar-refractivity contribution is 0.238. The number of likely N-dealkylation sites (tertiary alicyclic amines) is 1. The summed E-state index contributed by atoms with van der Waals surface area (Å²) in [6.07, 6.45) is 5.63. The molecule has 1 aliphatic heterocycles. The molecule has 34 heavy (non-hydrogen) atoms. The van der Waals surface area contributed by atoms with Crippen molar-refractivity contribution in [2.45, 2.75) is 32.1 Å². The molecule has 4 heteroatoms. The van der Waals surface area contributed by atoms with Gasteiger partial charge in [0.05, 0.1) is 0 Å². The van der Waals surface area contributed by atoms with Gasteiger partial charge in [0, 0.05) is 16.1 Å². The lowest BCUT2D eigenvalue weighted by Crippen LogP contribution is -2.25. The van der Waals surface area contributed by atoms with Gasteiger partial charge in [0.15, 0.2) is 0 Å². The predicted molar refractivity (Wildman–Crippen MR) is 145 cm³/mol. The van der Waals surface area contributed by atoms with Gasteiger partial charge in [0.1, 0.15) is 12.4 Å². The zero-order valence-electron chi connectivity index (χ0n) is 19.8. The molecule has 0 radical (unpaired) electrons. The number of rotatable bonds is 10. The summed E-state index contributed by atoms with van der Waals surface area (Å²) in [6.45, 7) is 4.94. The Kier molecular flexibility index (Phi) is 7.59. The van der Waals surface area contributed by atoms with Gasteiger partial charge in [-0.05, 0) is 97.6 Å². The SMILES string of the molecule is NCCc1ccc(-c2sc3ccccc3c2CCc2ccc(OCCN3CCCC3)cc2)cc1. The Hall–Kier alpha value is -2.66. The first-order chi connectivity index (χ1) is 16.8. The third kappa shape index (κ3) is 5.52. The van der Waals surface area contributed by atoms with Crippen molar-refractivity contribution in [2.24, 2.45) is 5.73 Å². The van der Waals surface area contributed by atoms with Gasteiger partial charge in [0.2, 0.25) is 0 Å². The molecule has 3 nitrogen and oxygen atoms in total. The van der Waals surface area contributed by atoms with E-state index in [4.69, 9.17) is 10.5 Å². The summed E-state index contributed by atoms with van der Waals surface area (Å²) in [5.74, 6) is 0.974. The largest absolute Gasteiger partial charge is 0.492 e. The number of nitrogens with two attached hydrogens (primary N) is 1. The zero-order chi connectivity index (χ0) is 23.2. The molecule has 1 fully saturated rings. The molecule has 0 unspecified atom stereocenters. The van der Waals surface area contributed by atoms with E-state index >= 15 is 0 Å². The molecule has 176 valence electrons. The van der Waals surface area contributed by atoms with E-state index in [2.05, 4.69) is 77.7 Å². The van der Waals surface area contributed by atoms with E-state index in [1.165, 1.54) is 63.1 Å². The minimum Gasteiger partial charge on any atom is -0.492 e. The number of fused-ring (bicyclic) bond motifs is 1. The Balaban J connectivity index is 1.27. The Morgan fingerprint density at radius 1 is 0.794 bits per heavy atom. The fourth-order valence-electron chi connectivity index (χ4n) is 4.89. The van der Waals surface area contributed by atoms with Crippen molar-refractivity contribution in [2.75, 3.05) is 32.8 Å². The van der Waals surface area contributed by atoms with Crippen LogP contribution in [0, 0.1) is 0 Å². The van der Waals surface area contributed by atoms with Crippen LogP contribution in [0.25, 0.3) is 20.5 Å². The molecular formula is C30H34N2OS. The molecule has 0 amide bonds. The fraction of sp³-hybridized carbons (Fsp3) is 0.333. The number of hydrogen-bond acceptors (Lipinski definition) is 4. The van der Waals surface area contributed by atoms with Crippen molar-refractivity contribution < 1.29 is 4.74 Å². The van der Waals surface area contributed by atoms with Gasteiger partial charge < -0.3 is 10.5 Å². The molecule has 5 rings (SSSR count). The van der Waals surface area contributed by atoms with Crippen molar-refractivity contribution in [3.8, 4) is 16.2 Å². The smallest absolute Gasteiger partial charge is 0.119 e. The quantitative estimate of drug-likeness (QED) is 0.294. The lowest BCUT2D eigenvalue weighted by Gasteiger charge is -2.15. The normalized spacial score (nSPS) is 14.1. The second-order valence-electron chi connectivity index (χ2n) is 9.18. The maximum Gasteiger partial charge on any atom is 0.119 e. The van der Waals surface area contributed by atoms with Gasteiger partial charge in [0.25, 0.3) is 0 Å². The third-order valence-electron chi connectivity index (χ3n) is 6.81. The summed E-state index contributed by atoms with van der Waals surface area (Å²) >= 11 is 1.90. The van der Waals surface area contributed by atoms with Crippen LogP contribution in [-0.2, 0) is 19.3 Å². The van der Waals surface area contributed by atoms with Crippen molar-refractivity contribution >= 4 is 21.4 Å². The highest BCUT2D eigenvalue weighted by Gasteiger charge is 2.14. The highest BCUT2D eigenvalue weighted by Crippen LogP contribution is 2.39. The van der Waals surface area contributed by atoms with Gasteiger partial charge in [-0.2, -0.15) is 0 Å². The maximum atomic E-state index is 5.99. The number of thiophene rings is 1. The molecule has 0 spiro atoms. The number of hydrogen-bond donors (Lipinski definition) is 1. The predicted octanol–water partition coefficient (Wildman–Crippen LogP) is 6.33. The molecule has 0 aliphatic carbocycles. The Morgan fingerprint density at radius 3 is 2.26 bits per heavy atom. The van der Waals surface area contributed by atoms with Crippen LogP contribution in [-0.4, -0.2) is 37.7 Å². The summed E-state index contributed by atoms with van der Waals surface area (Å²) in [5, 5.41) is 1.38. The molecule has 2 N–H and O–H groups in total. The minimum atomic E-state index is 0.690. The summed E-state index contributed by atoms with van der Waals surface area (Å²) < 4.78 is 7.35. The summed E-state index contributed by atoms with van der Waals surface area (Å²) in [7, 11) is 0. The van der Waals surface area contributed by atoms with E-state index in [1.807, 2.05) is 11.3 Å². The highest BCUT2D eigenvalue weighted by molar-refractivity contribution is 7.22. The number of ether oxygens (including phenoxy) is 1. The van der Waals surface area contributed by atoms with Crippen molar-refractivity contribution in [3.05, 3.63) is 89.5 Å². The van der Waals surface area contributed by atoms with Crippen LogP contribution >= 0.6 is 11.3 Å². The zero-order valence-corrected chi connectivity index (χ0v) is 20.7. The first kappa shape index (κ1) is 23.1. The van der Waals surface area contributed by atoms with Gasteiger partial charge in [-0.3, -0.25) is 4.90 Å². The van der Waals surface area contributed by atoms with Crippen LogP contribution in [0.4, 0.5) is 0 Å². The summed E-state index contributed by atoms with van der Waals surface area (Å²) in [6, 6.07) is 26.5.